The summed E-state index contributed by atoms with van der Waals surface area (Å²) in [5, 5.41) is 12.8. The third-order valence-electron chi connectivity index (χ3n) is 7.06. The molecule has 34 heavy (non-hydrogen) atoms. The molecule has 2 saturated carbocycles. The SMILES string of the molecule is Cc1ccc(S(=O)(=O)N2[C@@H]3C[C@@H]3C[C@H]2C(=O)O)c(OCCCCCNC2CCC(F)(F)CC2)n1. The zero-order chi connectivity index (χ0) is 24.5. The number of carboxylic acid groups (broad SMARTS) is 1. The number of nitrogens with zero attached hydrogens (tertiary/aromatic N) is 2. The first-order valence-corrected chi connectivity index (χ1v) is 13.5. The maximum absolute atomic E-state index is 13.4. The van der Waals surface area contributed by atoms with Gasteiger partial charge in [0.15, 0.2) is 0 Å². The number of alkyl halides is 2. The molecule has 0 amide bonds. The molecular formula is C23H33F2N3O5S. The van der Waals surface area contributed by atoms with Crippen molar-refractivity contribution in [2.24, 2.45) is 5.92 Å². The number of hydrogen-bond acceptors (Lipinski definition) is 6. The number of aromatic nitrogens is 1. The van der Waals surface area contributed by atoms with Gasteiger partial charge in [0.2, 0.25) is 21.8 Å². The van der Waals surface area contributed by atoms with Crippen LogP contribution in [-0.2, 0) is 14.8 Å². The minimum Gasteiger partial charge on any atom is -0.480 e. The Balaban J connectivity index is 1.27. The van der Waals surface area contributed by atoms with Crippen LogP contribution in [0.15, 0.2) is 17.0 Å². The van der Waals surface area contributed by atoms with Gasteiger partial charge in [-0.2, -0.15) is 4.31 Å². The number of carboxylic acids is 1. The molecule has 2 aliphatic carbocycles. The average Bonchev–Trinajstić information content (AvgIpc) is 3.41. The van der Waals surface area contributed by atoms with Gasteiger partial charge in [0.25, 0.3) is 0 Å². The summed E-state index contributed by atoms with van der Waals surface area (Å²) in [4.78, 5) is 15.8. The van der Waals surface area contributed by atoms with Crippen molar-refractivity contribution in [1.29, 1.82) is 0 Å². The molecule has 8 nitrogen and oxygen atoms in total. The minimum atomic E-state index is -4.06. The molecule has 2 heterocycles. The predicted molar refractivity (Wildman–Crippen MR) is 120 cm³/mol. The Morgan fingerprint density at radius 3 is 2.68 bits per heavy atom. The zero-order valence-electron chi connectivity index (χ0n) is 19.4. The lowest BCUT2D eigenvalue weighted by Gasteiger charge is -2.28. The van der Waals surface area contributed by atoms with Gasteiger partial charge < -0.3 is 15.2 Å². The molecule has 2 N–H and O–H groups in total. The molecule has 4 rings (SSSR count). The van der Waals surface area contributed by atoms with Gasteiger partial charge in [0, 0.05) is 30.6 Å². The smallest absolute Gasteiger partial charge is 0.322 e. The molecule has 3 aliphatic rings. The van der Waals surface area contributed by atoms with Crippen molar-refractivity contribution in [2.75, 3.05) is 13.2 Å². The number of sulfonamides is 1. The van der Waals surface area contributed by atoms with E-state index in [9.17, 15) is 27.1 Å². The Labute approximate surface area is 199 Å². The lowest BCUT2D eigenvalue weighted by molar-refractivity contribution is -0.141. The summed E-state index contributed by atoms with van der Waals surface area (Å²) in [6.45, 7) is 2.76. The van der Waals surface area contributed by atoms with Crippen molar-refractivity contribution in [2.45, 2.75) is 93.7 Å². The molecule has 0 aromatic carbocycles. The van der Waals surface area contributed by atoms with E-state index in [1.54, 1.807) is 13.0 Å². The molecule has 1 aromatic heterocycles. The van der Waals surface area contributed by atoms with Gasteiger partial charge in [0.05, 0.1) is 6.61 Å². The van der Waals surface area contributed by atoms with E-state index in [4.69, 9.17) is 4.74 Å². The monoisotopic (exact) mass is 501 g/mol. The number of carbonyl (C=O) groups is 1. The van der Waals surface area contributed by atoms with Gasteiger partial charge in [-0.1, -0.05) is 0 Å². The summed E-state index contributed by atoms with van der Waals surface area (Å²) in [6, 6.07) is 1.86. The number of nitrogens with one attached hydrogen (secondary N) is 1. The number of aryl methyl sites for hydroxylation is 1. The number of unbranched alkanes of at least 4 members (excludes halogenated alkanes) is 2. The summed E-state index contributed by atoms with van der Waals surface area (Å²) < 4.78 is 60.1. The summed E-state index contributed by atoms with van der Waals surface area (Å²) >= 11 is 0. The summed E-state index contributed by atoms with van der Waals surface area (Å²) in [6.07, 6.45) is 4.29. The van der Waals surface area contributed by atoms with E-state index in [1.165, 1.54) is 6.07 Å². The quantitative estimate of drug-likeness (QED) is 0.448. The molecule has 3 fully saturated rings. The summed E-state index contributed by atoms with van der Waals surface area (Å²) in [5.74, 6) is -3.53. The van der Waals surface area contributed by atoms with Crippen LogP contribution in [0, 0.1) is 12.8 Å². The number of ether oxygens (including phenoxy) is 1. The van der Waals surface area contributed by atoms with Crippen LogP contribution >= 0.6 is 0 Å². The molecule has 0 bridgehead atoms. The second kappa shape index (κ2) is 10.0. The van der Waals surface area contributed by atoms with E-state index in [2.05, 4.69) is 10.3 Å². The van der Waals surface area contributed by atoms with Gasteiger partial charge in [-0.15, -0.1) is 0 Å². The van der Waals surface area contributed by atoms with Crippen LogP contribution in [0.2, 0.25) is 0 Å². The number of hydrogen-bond donors (Lipinski definition) is 2. The molecule has 0 spiro atoms. The van der Waals surface area contributed by atoms with Crippen LogP contribution in [0.3, 0.4) is 0 Å². The third-order valence-corrected chi connectivity index (χ3v) is 9.01. The van der Waals surface area contributed by atoms with E-state index in [-0.39, 0.29) is 48.2 Å². The molecule has 190 valence electrons. The molecule has 3 atom stereocenters. The molecule has 0 unspecified atom stereocenters. The van der Waals surface area contributed by atoms with Crippen LogP contribution < -0.4 is 10.1 Å². The standard InChI is InChI=1S/C23H33F2N3O5S/c1-15-5-6-20(34(31,32)28-18-13-16(18)14-19(28)22(29)30)21(27-15)33-12-4-2-3-11-26-17-7-9-23(24,25)10-8-17/h5-6,16-19,26H,2-4,7-14H2,1H3,(H,29,30)/t16-,18-,19+/m1/s1. The van der Waals surface area contributed by atoms with E-state index < -0.39 is 28.0 Å². The number of pyridine rings is 1. The maximum Gasteiger partial charge on any atom is 0.322 e. The van der Waals surface area contributed by atoms with E-state index in [0.717, 1.165) is 23.7 Å². The van der Waals surface area contributed by atoms with Crippen molar-refractivity contribution < 1.29 is 31.8 Å². The fourth-order valence-electron chi connectivity index (χ4n) is 5.03. The first kappa shape index (κ1) is 25.2. The number of fused-ring (bicyclic) bond motifs is 1. The fourth-order valence-corrected chi connectivity index (χ4v) is 6.95. The van der Waals surface area contributed by atoms with Gasteiger partial charge in [-0.05, 0) is 76.5 Å². The molecule has 1 saturated heterocycles. The van der Waals surface area contributed by atoms with Gasteiger partial charge in [0.1, 0.15) is 10.9 Å². The average molecular weight is 502 g/mol. The Morgan fingerprint density at radius 2 is 1.97 bits per heavy atom. The minimum absolute atomic E-state index is 0.00879. The van der Waals surface area contributed by atoms with Crippen molar-refractivity contribution in [3.8, 4) is 5.88 Å². The van der Waals surface area contributed by atoms with Crippen molar-refractivity contribution in [1.82, 2.24) is 14.6 Å². The first-order valence-electron chi connectivity index (χ1n) is 12.1. The number of halogens is 2. The normalized spacial score (nSPS) is 26.9. The van der Waals surface area contributed by atoms with Gasteiger partial charge in [-0.25, -0.2) is 22.2 Å². The van der Waals surface area contributed by atoms with Gasteiger partial charge in [-0.3, -0.25) is 4.79 Å². The molecular weight excluding hydrogens is 468 g/mol. The van der Waals surface area contributed by atoms with Gasteiger partial charge >= 0.3 is 5.97 Å². The Kier molecular flexibility index (Phi) is 7.44. The van der Waals surface area contributed by atoms with E-state index in [0.29, 0.717) is 37.8 Å². The van der Waals surface area contributed by atoms with Crippen molar-refractivity contribution >= 4 is 16.0 Å². The Bertz CT molecular complexity index is 996. The molecule has 11 heteroatoms. The Hall–Kier alpha value is -1.85. The fraction of sp³-hybridized carbons (Fsp3) is 0.739. The highest BCUT2D eigenvalue weighted by molar-refractivity contribution is 7.89. The maximum atomic E-state index is 13.4. The van der Waals surface area contributed by atoms with Crippen molar-refractivity contribution in [3.05, 3.63) is 17.8 Å². The Morgan fingerprint density at radius 1 is 1.24 bits per heavy atom. The summed E-state index contributed by atoms with van der Waals surface area (Å²) in [7, 11) is -4.06. The second-order valence-electron chi connectivity index (χ2n) is 9.74. The number of piperidine rings is 1. The lowest BCUT2D eigenvalue weighted by Crippen LogP contribution is -2.43. The predicted octanol–water partition coefficient (Wildman–Crippen LogP) is 3.34. The third kappa shape index (κ3) is 5.68. The second-order valence-corrected chi connectivity index (χ2v) is 11.5. The highest BCUT2D eigenvalue weighted by Gasteiger charge is 2.59. The highest BCUT2D eigenvalue weighted by atomic mass is 32.2. The van der Waals surface area contributed by atoms with Crippen molar-refractivity contribution in [3.63, 3.8) is 0 Å². The number of rotatable bonds is 11. The van der Waals surface area contributed by atoms with Crippen LogP contribution in [0.25, 0.3) is 0 Å². The van der Waals surface area contributed by atoms with Crippen LogP contribution in [0.4, 0.5) is 8.78 Å². The van der Waals surface area contributed by atoms with Crippen LogP contribution in [0.5, 0.6) is 5.88 Å². The zero-order valence-corrected chi connectivity index (χ0v) is 20.2. The molecule has 0 radical (unpaired) electrons. The van der Waals surface area contributed by atoms with Crippen LogP contribution in [-0.4, -0.2) is 66.0 Å². The molecule has 1 aliphatic heterocycles. The summed E-state index contributed by atoms with van der Waals surface area (Å²) in [5.41, 5.74) is 0.608. The van der Waals surface area contributed by atoms with E-state index in [1.807, 2.05) is 0 Å². The molecule has 1 aromatic rings. The lowest BCUT2D eigenvalue weighted by atomic mass is 9.92. The first-order chi connectivity index (χ1) is 16.1. The highest BCUT2D eigenvalue weighted by Crippen LogP contribution is 2.50. The largest absolute Gasteiger partial charge is 0.480 e. The van der Waals surface area contributed by atoms with Crippen LogP contribution in [0.1, 0.15) is 63.5 Å². The van der Waals surface area contributed by atoms with E-state index >= 15 is 0 Å². The number of aliphatic carboxylic acids is 1. The topological polar surface area (TPSA) is 109 Å².